The lowest BCUT2D eigenvalue weighted by molar-refractivity contribution is 0.0428. The summed E-state index contributed by atoms with van der Waals surface area (Å²) in [7, 11) is 4.38. The molecule has 0 aromatic heterocycles. The highest BCUT2D eigenvalue weighted by molar-refractivity contribution is 4.92. The van der Waals surface area contributed by atoms with Crippen molar-refractivity contribution < 1.29 is 0 Å². The molecule has 0 amide bonds. The maximum Gasteiger partial charge on any atom is 0.0125 e. The molecule has 5 rings (SSSR count). The monoisotopic (exact) mass is 631 g/mol. The fourth-order valence-corrected chi connectivity index (χ4v) is 9.54. The number of hydrogen-bond acceptors (Lipinski definition) is 4. The largest absolute Gasteiger partial charge is 0.306 e. The fourth-order valence-electron chi connectivity index (χ4n) is 9.54. The maximum atomic E-state index is 2.67. The zero-order valence-electron chi connectivity index (χ0n) is 32.9. The summed E-state index contributed by atoms with van der Waals surface area (Å²) in [6, 6.07) is 0.804. The molecule has 0 bridgehead atoms. The summed E-state index contributed by atoms with van der Waals surface area (Å²) in [5.41, 5.74) is 1.82. The van der Waals surface area contributed by atoms with Gasteiger partial charge >= 0.3 is 0 Å². The summed E-state index contributed by atoms with van der Waals surface area (Å²) in [4.78, 5) is 10.3. The summed E-state index contributed by atoms with van der Waals surface area (Å²) >= 11 is 0. The standard InChI is InChI=1S/2C15H29N.C11H24N2/c1-14(2,3)16-11-7-13(8-12-16)15(4)9-5-6-10-15;1-15(2,3)16-11-9-14(10-12-16)13-7-5-4-6-8-13;1-11(2,3)13-8-6-10(7-9-13)12(4)5/h13H,5-12H2,1-4H3;13-14H,4-12H2,1-3H3;10H,6-9H2,1-5H3. The Balaban J connectivity index is 0.000000185. The average Bonchev–Trinajstić information content (AvgIpc) is 3.45. The average molecular weight is 631 g/mol. The third-order valence-corrected chi connectivity index (χ3v) is 13.1. The van der Waals surface area contributed by atoms with E-state index in [1.165, 1.54) is 136 Å². The quantitative estimate of drug-likeness (QED) is 0.308. The predicted octanol–water partition coefficient (Wildman–Crippen LogP) is 9.97. The highest BCUT2D eigenvalue weighted by Gasteiger charge is 2.39. The topological polar surface area (TPSA) is 13.0 Å². The van der Waals surface area contributed by atoms with Crippen LogP contribution in [0.2, 0.25) is 0 Å². The van der Waals surface area contributed by atoms with Gasteiger partial charge in [0, 0.05) is 35.7 Å². The van der Waals surface area contributed by atoms with Gasteiger partial charge in [-0.05, 0) is 177 Å². The number of hydrogen-bond donors (Lipinski definition) is 0. The molecule has 2 saturated carbocycles. The normalized spacial score (nSPS) is 26.3. The van der Waals surface area contributed by atoms with E-state index in [4.69, 9.17) is 0 Å². The molecule has 0 spiro atoms. The first-order valence-electron chi connectivity index (χ1n) is 19.8. The van der Waals surface area contributed by atoms with Crippen LogP contribution in [0.5, 0.6) is 0 Å². The summed E-state index contributed by atoms with van der Waals surface area (Å²) in [5.74, 6) is 3.14. The number of piperidine rings is 3. The number of nitrogens with zero attached hydrogens (tertiary/aromatic N) is 4. The van der Waals surface area contributed by atoms with Crippen LogP contribution in [0.4, 0.5) is 0 Å². The van der Waals surface area contributed by atoms with Crippen molar-refractivity contribution in [3.63, 3.8) is 0 Å². The molecule has 4 nitrogen and oxygen atoms in total. The van der Waals surface area contributed by atoms with Gasteiger partial charge in [0.1, 0.15) is 0 Å². The van der Waals surface area contributed by atoms with Gasteiger partial charge < -0.3 is 4.90 Å². The maximum absolute atomic E-state index is 2.67. The first-order valence-corrected chi connectivity index (χ1v) is 19.8. The van der Waals surface area contributed by atoms with Gasteiger partial charge in [-0.3, -0.25) is 14.7 Å². The summed E-state index contributed by atoms with van der Waals surface area (Å²) in [6.45, 7) is 31.4. The fraction of sp³-hybridized carbons (Fsp3) is 1.00. The number of rotatable bonds is 3. The Kier molecular flexibility index (Phi) is 14.8. The molecule has 0 radical (unpaired) electrons. The van der Waals surface area contributed by atoms with Crippen LogP contribution < -0.4 is 0 Å². The van der Waals surface area contributed by atoms with Crippen LogP contribution in [0, 0.1) is 23.2 Å². The molecule has 0 aromatic carbocycles. The van der Waals surface area contributed by atoms with Gasteiger partial charge in [-0.15, -0.1) is 0 Å². The Morgan fingerprint density at radius 3 is 1.20 bits per heavy atom. The zero-order valence-corrected chi connectivity index (χ0v) is 32.9. The summed E-state index contributed by atoms with van der Waals surface area (Å²) in [6.07, 6.45) is 22.0. The van der Waals surface area contributed by atoms with E-state index >= 15 is 0 Å². The van der Waals surface area contributed by atoms with Gasteiger partial charge in [0.2, 0.25) is 0 Å². The predicted molar refractivity (Wildman–Crippen MR) is 199 cm³/mol. The third kappa shape index (κ3) is 12.3. The molecule has 3 aliphatic heterocycles. The molecule has 0 N–H and O–H groups in total. The zero-order chi connectivity index (χ0) is 33.5. The lowest BCUT2D eigenvalue weighted by Crippen LogP contribution is -2.49. The van der Waals surface area contributed by atoms with Crippen LogP contribution in [0.3, 0.4) is 0 Å². The van der Waals surface area contributed by atoms with E-state index in [0.717, 1.165) is 23.8 Å². The van der Waals surface area contributed by atoms with E-state index in [1.807, 2.05) is 0 Å². The van der Waals surface area contributed by atoms with Crippen molar-refractivity contribution in [3.05, 3.63) is 0 Å². The highest BCUT2D eigenvalue weighted by atomic mass is 15.2. The van der Waals surface area contributed by atoms with Crippen molar-refractivity contribution >= 4 is 0 Å². The molecule has 4 heteroatoms. The Bertz CT molecular complexity index is 794. The highest BCUT2D eigenvalue weighted by Crippen LogP contribution is 2.48. The number of likely N-dealkylation sites (tertiary alicyclic amines) is 3. The van der Waals surface area contributed by atoms with Gasteiger partial charge in [-0.1, -0.05) is 51.9 Å². The van der Waals surface area contributed by atoms with Crippen LogP contribution in [-0.4, -0.2) is 95.6 Å². The molecule has 2 aliphatic carbocycles. The second kappa shape index (κ2) is 17.0. The van der Waals surface area contributed by atoms with Crippen molar-refractivity contribution in [1.82, 2.24) is 19.6 Å². The second-order valence-electron chi connectivity index (χ2n) is 19.5. The van der Waals surface area contributed by atoms with E-state index in [-0.39, 0.29) is 0 Å². The minimum absolute atomic E-state index is 0.358. The first-order chi connectivity index (χ1) is 20.9. The Hall–Kier alpha value is -0.160. The van der Waals surface area contributed by atoms with Crippen molar-refractivity contribution in [2.75, 3.05) is 53.4 Å². The first kappa shape index (κ1) is 39.3. The van der Waals surface area contributed by atoms with Crippen molar-refractivity contribution in [2.45, 2.75) is 188 Å². The van der Waals surface area contributed by atoms with Crippen LogP contribution in [0.1, 0.15) is 166 Å². The third-order valence-electron chi connectivity index (χ3n) is 13.1. The van der Waals surface area contributed by atoms with Gasteiger partial charge in [0.05, 0.1) is 0 Å². The van der Waals surface area contributed by atoms with Crippen LogP contribution in [0.25, 0.3) is 0 Å². The van der Waals surface area contributed by atoms with E-state index in [1.54, 1.807) is 0 Å². The lowest BCUT2D eigenvalue weighted by atomic mass is 9.71. The van der Waals surface area contributed by atoms with Gasteiger partial charge in [-0.25, -0.2) is 0 Å². The van der Waals surface area contributed by atoms with E-state index in [2.05, 4.69) is 103 Å². The minimum Gasteiger partial charge on any atom is -0.306 e. The van der Waals surface area contributed by atoms with Gasteiger partial charge in [-0.2, -0.15) is 0 Å². The molecule has 5 aliphatic rings. The molecule has 0 atom stereocenters. The SMILES string of the molecule is CC(C)(C)N1CCC(C2CCCCC2)CC1.CC1(C2CCN(C(C)(C)C)CC2)CCCC1.CN(C)C1CCN(C(C)(C)C)CC1. The molecule has 5 fully saturated rings. The summed E-state index contributed by atoms with van der Waals surface area (Å²) < 4.78 is 0. The molecule has 0 aromatic rings. The van der Waals surface area contributed by atoms with E-state index in [0.29, 0.717) is 22.0 Å². The molecule has 45 heavy (non-hydrogen) atoms. The van der Waals surface area contributed by atoms with E-state index < -0.39 is 0 Å². The van der Waals surface area contributed by atoms with Crippen molar-refractivity contribution in [2.24, 2.45) is 23.2 Å². The smallest absolute Gasteiger partial charge is 0.0125 e. The molecule has 3 heterocycles. The Morgan fingerprint density at radius 2 is 0.822 bits per heavy atom. The Morgan fingerprint density at radius 1 is 0.467 bits per heavy atom. The van der Waals surface area contributed by atoms with Crippen molar-refractivity contribution in [1.29, 1.82) is 0 Å². The van der Waals surface area contributed by atoms with Gasteiger partial charge in [0.15, 0.2) is 0 Å². The Labute approximate surface area is 283 Å². The van der Waals surface area contributed by atoms with Gasteiger partial charge in [0.25, 0.3) is 0 Å². The minimum atomic E-state index is 0.358. The van der Waals surface area contributed by atoms with Crippen LogP contribution >= 0.6 is 0 Å². The lowest BCUT2D eigenvalue weighted by Gasteiger charge is -2.45. The van der Waals surface area contributed by atoms with Crippen LogP contribution in [0.15, 0.2) is 0 Å². The van der Waals surface area contributed by atoms with E-state index in [9.17, 15) is 0 Å². The molecule has 0 unspecified atom stereocenters. The molecular weight excluding hydrogens is 548 g/mol. The molecular formula is C41H82N4. The van der Waals surface area contributed by atoms with Crippen molar-refractivity contribution in [3.8, 4) is 0 Å². The summed E-state index contributed by atoms with van der Waals surface area (Å²) in [5, 5.41) is 0. The molecule has 266 valence electrons. The molecule has 3 saturated heterocycles. The second-order valence-corrected chi connectivity index (χ2v) is 19.5. The van der Waals surface area contributed by atoms with Crippen LogP contribution in [-0.2, 0) is 0 Å².